The fourth-order valence-electron chi connectivity index (χ4n) is 4.94. The van der Waals surface area contributed by atoms with E-state index in [1.807, 2.05) is 42.5 Å². The number of fused-ring (bicyclic) bond motifs is 3. The highest BCUT2D eigenvalue weighted by atomic mass is 35.5. The van der Waals surface area contributed by atoms with Crippen LogP contribution in [0.4, 0.5) is 5.69 Å². The Morgan fingerprint density at radius 1 is 0.969 bits per heavy atom. The molecule has 3 aromatic rings. The lowest BCUT2D eigenvalue weighted by Crippen LogP contribution is -2.32. The summed E-state index contributed by atoms with van der Waals surface area (Å²) in [7, 11) is 0. The average Bonchev–Trinajstić information content (AvgIpc) is 3.31. The number of hydrogen-bond acceptors (Lipinski definition) is 2. The molecule has 32 heavy (non-hydrogen) atoms. The summed E-state index contributed by atoms with van der Waals surface area (Å²) in [6.07, 6.45) is 6.23. The molecule has 5 heteroatoms. The number of carbonyl (C=O) groups is 1. The van der Waals surface area contributed by atoms with Crippen molar-refractivity contribution in [2.45, 2.75) is 24.8 Å². The summed E-state index contributed by atoms with van der Waals surface area (Å²) in [5.74, 6) is 0.500. The number of hydrogen-bond donors (Lipinski definition) is 2. The number of para-hydroxylation sites is 1. The quantitative estimate of drug-likeness (QED) is 0.409. The SMILES string of the molecule is O=C(NCCc1ccccc1)c1cccc2c1NC(c1cccc(Cl)c1Cl)C1CC=CC21. The average molecular weight is 463 g/mol. The molecule has 0 spiro atoms. The normalized spacial score (nSPS) is 20.9. The lowest BCUT2D eigenvalue weighted by atomic mass is 9.76. The first-order chi connectivity index (χ1) is 15.6. The summed E-state index contributed by atoms with van der Waals surface area (Å²) >= 11 is 12.9. The van der Waals surface area contributed by atoms with Crippen molar-refractivity contribution in [1.29, 1.82) is 0 Å². The zero-order chi connectivity index (χ0) is 22.1. The zero-order valence-electron chi connectivity index (χ0n) is 17.5. The van der Waals surface area contributed by atoms with E-state index in [4.69, 9.17) is 23.2 Å². The maximum Gasteiger partial charge on any atom is 0.253 e. The molecule has 5 rings (SSSR count). The number of carbonyl (C=O) groups excluding carboxylic acids is 1. The smallest absolute Gasteiger partial charge is 0.253 e. The van der Waals surface area contributed by atoms with Crippen LogP contribution < -0.4 is 10.6 Å². The molecule has 1 aliphatic heterocycles. The van der Waals surface area contributed by atoms with Gasteiger partial charge in [0.25, 0.3) is 5.91 Å². The highest BCUT2D eigenvalue weighted by Crippen LogP contribution is 2.52. The second kappa shape index (κ2) is 9.01. The number of anilines is 1. The lowest BCUT2D eigenvalue weighted by Gasteiger charge is -2.38. The van der Waals surface area contributed by atoms with E-state index in [0.717, 1.165) is 29.7 Å². The summed E-state index contributed by atoms with van der Waals surface area (Å²) in [4.78, 5) is 13.1. The van der Waals surface area contributed by atoms with Crippen molar-refractivity contribution in [3.63, 3.8) is 0 Å². The summed E-state index contributed by atoms with van der Waals surface area (Å²) < 4.78 is 0. The van der Waals surface area contributed by atoms with Gasteiger partial charge in [-0.3, -0.25) is 4.79 Å². The highest BCUT2D eigenvalue weighted by Gasteiger charge is 2.40. The highest BCUT2D eigenvalue weighted by molar-refractivity contribution is 6.42. The third-order valence-corrected chi connectivity index (χ3v) is 7.33. The molecule has 0 fully saturated rings. The zero-order valence-corrected chi connectivity index (χ0v) is 19.0. The fraction of sp³-hybridized carbons (Fsp3) is 0.222. The second-order valence-electron chi connectivity index (χ2n) is 8.38. The minimum absolute atomic E-state index is 0.0213. The van der Waals surface area contributed by atoms with Crippen LogP contribution in [-0.4, -0.2) is 12.5 Å². The van der Waals surface area contributed by atoms with Crippen LogP contribution in [0.1, 0.15) is 45.4 Å². The molecular formula is C27H24Cl2N2O. The monoisotopic (exact) mass is 462 g/mol. The standard InChI is InChI=1S/C27H24Cl2N2O/c28-23-14-6-12-21(24(23)29)25-19-10-4-9-18(19)20-11-5-13-22(26(20)31-25)27(32)30-16-15-17-7-2-1-3-8-17/h1-9,11-14,18-19,25,31H,10,15-16H2,(H,30,32). The molecule has 3 aromatic carbocycles. The molecule has 2 N–H and O–H groups in total. The second-order valence-corrected chi connectivity index (χ2v) is 9.17. The van der Waals surface area contributed by atoms with Gasteiger partial charge < -0.3 is 10.6 Å². The Balaban J connectivity index is 1.43. The maximum absolute atomic E-state index is 13.1. The van der Waals surface area contributed by atoms with E-state index in [2.05, 4.69) is 41.0 Å². The van der Waals surface area contributed by atoms with E-state index >= 15 is 0 Å². The molecule has 3 atom stereocenters. The Morgan fingerprint density at radius 3 is 2.59 bits per heavy atom. The van der Waals surface area contributed by atoms with Gasteiger partial charge in [0.05, 0.1) is 27.3 Å². The van der Waals surface area contributed by atoms with E-state index in [0.29, 0.717) is 28.1 Å². The van der Waals surface area contributed by atoms with Crippen LogP contribution in [0, 0.1) is 5.92 Å². The van der Waals surface area contributed by atoms with Gasteiger partial charge in [-0.1, -0.05) is 90.0 Å². The molecule has 1 aliphatic carbocycles. The Bertz CT molecular complexity index is 1180. The molecule has 3 unspecified atom stereocenters. The molecule has 0 saturated carbocycles. The molecule has 2 aliphatic rings. The third-order valence-electron chi connectivity index (χ3n) is 6.50. The van der Waals surface area contributed by atoms with Crippen molar-refractivity contribution in [2.75, 3.05) is 11.9 Å². The van der Waals surface area contributed by atoms with Gasteiger partial charge in [-0.25, -0.2) is 0 Å². The van der Waals surface area contributed by atoms with Crippen molar-refractivity contribution < 1.29 is 4.79 Å². The Kier molecular flexibility index (Phi) is 5.95. The predicted octanol–water partition coefficient (Wildman–Crippen LogP) is 6.79. The lowest BCUT2D eigenvalue weighted by molar-refractivity contribution is 0.0954. The third kappa shape index (κ3) is 3.92. The number of nitrogens with one attached hydrogen (secondary N) is 2. The number of rotatable bonds is 5. The van der Waals surface area contributed by atoms with Crippen LogP contribution >= 0.6 is 23.2 Å². The number of amides is 1. The first kappa shape index (κ1) is 21.1. The van der Waals surface area contributed by atoms with Crippen LogP contribution in [-0.2, 0) is 6.42 Å². The molecule has 0 saturated heterocycles. The summed E-state index contributed by atoms with van der Waals surface area (Å²) in [6.45, 7) is 0.585. The Labute approximate surface area is 198 Å². The predicted molar refractivity (Wildman–Crippen MR) is 132 cm³/mol. The van der Waals surface area contributed by atoms with Gasteiger partial charge in [-0.05, 0) is 47.6 Å². The van der Waals surface area contributed by atoms with E-state index in [1.54, 1.807) is 6.07 Å². The summed E-state index contributed by atoms with van der Waals surface area (Å²) in [6, 6.07) is 21.9. The fourth-order valence-corrected chi connectivity index (χ4v) is 5.36. The Morgan fingerprint density at radius 2 is 1.75 bits per heavy atom. The van der Waals surface area contributed by atoms with E-state index in [9.17, 15) is 4.79 Å². The van der Waals surface area contributed by atoms with Crippen molar-refractivity contribution in [2.24, 2.45) is 5.92 Å². The van der Waals surface area contributed by atoms with Crippen molar-refractivity contribution in [1.82, 2.24) is 5.32 Å². The maximum atomic E-state index is 13.1. The Hall–Kier alpha value is -2.75. The number of allylic oxidation sites excluding steroid dienone is 2. The summed E-state index contributed by atoms with van der Waals surface area (Å²) in [5.41, 5.74) is 4.89. The largest absolute Gasteiger partial charge is 0.377 e. The van der Waals surface area contributed by atoms with Crippen LogP contribution in [0.25, 0.3) is 0 Å². The molecule has 3 nitrogen and oxygen atoms in total. The van der Waals surface area contributed by atoms with E-state index < -0.39 is 0 Å². The van der Waals surface area contributed by atoms with Gasteiger partial charge in [-0.15, -0.1) is 0 Å². The first-order valence-corrected chi connectivity index (χ1v) is 11.7. The van der Waals surface area contributed by atoms with E-state index in [1.165, 1.54) is 5.56 Å². The van der Waals surface area contributed by atoms with Crippen LogP contribution in [0.3, 0.4) is 0 Å². The first-order valence-electron chi connectivity index (χ1n) is 11.0. The molecular weight excluding hydrogens is 439 g/mol. The van der Waals surface area contributed by atoms with Gasteiger partial charge in [-0.2, -0.15) is 0 Å². The topological polar surface area (TPSA) is 41.1 Å². The van der Waals surface area contributed by atoms with E-state index in [-0.39, 0.29) is 17.9 Å². The van der Waals surface area contributed by atoms with Crippen LogP contribution in [0.2, 0.25) is 10.0 Å². The van der Waals surface area contributed by atoms with Gasteiger partial charge >= 0.3 is 0 Å². The number of halogens is 2. The molecule has 1 heterocycles. The molecule has 1 amide bonds. The molecule has 162 valence electrons. The van der Waals surface area contributed by atoms with Crippen LogP contribution in [0.5, 0.6) is 0 Å². The van der Waals surface area contributed by atoms with Gasteiger partial charge in [0, 0.05) is 12.5 Å². The molecule has 0 aromatic heterocycles. The van der Waals surface area contributed by atoms with Crippen molar-refractivity contribution in [3.05, 3.63) is 111 Å². The minimum Gasteiger partial charge on any atom is -0.377 e. The molecule has 0 bridgehead atoms. The minimum atomic E-state index is -0.0679. The van der Waals surface area contributed by atoms with Crippen molar-refractivity contribution in [3.8, 4) is 0 Å². The van der Waals surface area contributed by atoms with Gasteiger partial charge in [0.2, 0.25) is 0 Å². The van der Waals surface area contributed by atoms with Gasteiger partial charge in [0.1, 0.15) is 0 Å². The number of benzene rings is 3. The molecule has 0 radical (unpaired) electrons. The summed E-state index contributed by atoms with van der Waals surface area (Å²) in [5, 5.41) is 7.88. The van der Waals surface area contributed by atoms with Crippen LogP contribution in [0.15, 0.2) is 78.9 Å². The van der Waals surface area contributed by atoms with Gasteiger partial charge in [0.15, 0.2) is 0 Å². The van der Waals surface area contributed by atoms with Crippen molar-refractivity contribution >= 4 is 34.8 Å².